The molecule has 3 rings (SSSR count). The molecular weight excluding hydrogens is 260 g/mol. The zero-order chi connectivity index (χ0) is 14.5. The highest BCUT2D eigenvalue weighted by atomic mass is 16.1. The summed E-state index contributed by atoms with van der Waals surface area (Å²) < 4.78 is 0. The number of hydrogen-bond donors (Lipinski definition) is 2. The molecule has 2 N–H and O–H groups in total. The average molecular weight is 286 g/mol. The van der Waals surface area contributed by atoms with Crippen molar-refractivity contribution in [1.29, 1.82) is 0 Å². The first-order valence-electron chi connectivity index (χ1n) is 8.39. The third-order valence-corrected chi connectivity index (χ3v) is 5.00. The fraction of sp³-hybridized carbons (Fsp3) is 0.611. The zero-order valence-corrected chi connectivity index (χ0v) is 12.7. The summed E-state index contributed by atoms with van der Waals surface area (Å²) >= 11 is 0. The molecule has 1 heterocycles. The van der Waals surface area contributed by atoms with Crippen LogP contribution in [0.2, 0.25) is 0 Å². The van der Waals surface area contributed by atoms with E-state index in [9.17, 15) is 4.79 Å². The Kier molecular flexibility index (Phi) is 4.91. The first-order valence-corrected chi connectivity index (χ1v) is 8.39. The van der Waals surface area contributed by atoms with Crippen LogP contribution in [0.1, 0.15) is 56.4 Å². The molecule has 1 aromatic rings. The SMILES string of the molecule is O=C1CCC(NC2CCC(c3ccccc3)CC2)CCN1. The van der Waals surface area contributed by atoms with Crippen LogP contribution in [0.3, 0.4) is 0 Å². The van der Waals surface area contributed by atoms with Crippen molar-refractivity contribution in [3.8, 4) is 0 Å². The van der Waals surface area contributed by atoms with Crippen molar-refractivity contribution in [2.45, 2.75) is 62.9 Å². The Hall–Kier alpha value is -1.35. The fourth-order valence-electron chi connectivity index (χ4n) is 3.74. The van der Waals surface area contributed by atoms with Gasteiger partial charge in [-0.3, -0.25) is 4.79 Å². The van der Waals surface area contributed by atoms with Crippen molar-refractivity contribution in [2.24, 2.45) is 0 Å². The van der Waals surface area contributed by atoms with Crippen molar-refractivity contribution in [3.63, 3.8) is 0 Å². The molecule has 2 aliphatic rings. The number of nitrogens with one attached hydrogen (secondary N) is 2. The van der Waals surface area contributed by atoms with Crippen LogP contribution in [-0.2, 0) is 4.79 Å². The lowest BCUT2D eigenvalue weighted by atomic mass is 9.81. The van der Waals surface area contributed by atoms with Crippen molar-refractivity contribution < 1.29 is 4.79 Å². The first kappa shape index (κ1) is 14.6. The zero-order valence-electron chi connectivity index (χ0n) is 12.7. The van der Waals surface area contributed by atoms with E-state index in [2.05, 4.69) is 41.0 Å². The molecule has 1 aromatic carbocycles. The van der Waals surface area contributed by atoms with E-state index in [1.165, 1.54) is 31.2 Å². The maximum atomic E-state index is 11.4. The predicted octanol–water partition coefficient (Wildman–Crippen LogP) is 2.97. The number of rotatable bonds is 3. The lowest BCUT2D eigenvalue weighted by Gasteiger charge is -2.32. The number of benzene rings is 1. The summed E-state index contributed by atoms with van der Waals surface area (Å²) in [6.07, 6.45) is 7.83. The molecule has 2 fully saturated rings. The van der Waals surface area contributed by atoms with Gasteiger partial charge in [0.15, 0.2) is 0 Å². The van der Waals surface area contributed by atoms with Crippen LogP contribution >= 0.6 is 0 Å². The molecule has 0 spiro atoms. The number of carbonyl (C=O) groups is 1. The highest BCUT2D eigenvalue weighted by Gasteiger charge is 2.25. The monoisotopic (exact) mass is 286 g/mol. The van der Waals surface area contributed by atoms with Crippen molar-refractivity contribution in [2.75, 3.05) is 6.54 Å². The second-order valence-corrected chi connectivity index (χ2v) is 6.50. The summed E-state index contributed by atoms with van der Waals surface area (Å²) in [5.74, 6) is 0.953. The molecule has 3 nitrogen and oxygen atoms in total. The van der Waals surface area contributed by atoms with Crippen LogP contribution in [0.15, 0.2) is 30.3 Å². The Balaban J connectivity index is 1.46. The summed E-state index contributed by atoms with van der Waals surface area (Å²) in [5.41, 5.74) is 1.50. The molecule has 1 aliphatic heterocycles. The average Bonchev–Trinajstić information content (AvgIpc) is 2.74. The number of hydrogen-bond acceptors (Lipinski definition) is 2. The van der Waals surface area contributed by atoms with Crippen LogP contribution in [0, 0.1) is 0 Å². The summed E-state index contributed by atoms with van der Waals surface area (Å²) in [6.45, 7) is 0.829. The van der Waals surface area contributed by atoms with Crippen molar-refractivity contribution >= 4 is 5.91 Å². The quantitative estimate of drug-likeness (QED) is 0.897. The lowest BCUT2D eigenvalue weighted by Crippen LogP contribution is -2.40. The van der Waals surface area contributed by atoms with E-state index in [1.54, 1.807) is 0 Å². The third kappa shape index (κ3) is 4.07. The molecule has 0 aromatic heterocycles. The molecule has 1 saturated carbocycles. The minimum absolute atomic E-state index is 0.215. The highest BCUT2D eigenvalue weighted by molar-refractivity contribution is 5.76. The van der Waals surface area contributed by atoms with E-state index in [1.807, 2.05) is 0 Å². The minimum Gasteiger partial charge on any atom is -0.356 e. The maximum Gasteiger partial charge on any atom is 0.220 e. The molecule has 1 unspecified atom stereocenters. The van der Waals surface area contributed by atoms with E-state index in [0.717, 1.165) is 25.3 Å². The topological polar surface area (TPSA) is 41.1 Å². The fourth-order valence-corrected chi connectivity index (χ4v) is 3.74. The Labute approximate surface area is 127 Å². The van der Waals surface area contributed by atoms with Crippen LogP contribution in [0.25, 0.3) is 0 Å². The smallest absolute Gasteiger partial charge is 0.220 e. The van der Waals surface area contributed by atoms with Gasteiger partial charge in [-0.1, -0.05) is 30.3 Å². The molecule has 114 valence electrons. The summed E-state index contributed by atoms with van der Waals surface area (Å²) in [4.78, 5) is 11.4. The van der Waals surface area contributed by atoms with Gasteiger partial charge < -0.3 is 10.6 Å². The van der Waals surface area contributed by atoms with Gasteiger partial charge in [0.2, 0.25) is 5.91 Å². The molecule has 1 aliphatic carbocycles. The second kappa shape index (κ2) is 7.08. The van der Waals surface area contributed by atoms with Gasteiger partial charge >= 0.3 is 0 Å². The predicted molar refractivity (Wildman–Crippen MR) is 85.2 cm³/mol. The van der Waals surface area contributed by atoms with Gasteiger partial charge in [-0.15, -0.1) is 0 Å². The number of carbonyl (C=O) groups excluding carboxylic acids is 1. The van der Waals surface area contributed by atoms with Gasteiger partial charge in [-0.05, 0) is 50.0 Å². The third-order valence-electron chi connectivity index (χ3n) is 5.00. The van der Waals surface area contributed by atoms with Crippen LogP contribution < -0.4 is 10.6 Å². The van der Waals surface area contributed by atoms with Gasteiger partial charge in [-0.2, -0.15) is 0 Å². The van der Waals surface area contributed by atoms with E-state index >= 15 is 0 Å². The van der Waals surface area contributed by atoms with Gasteiger partial charge in [0.25, 0.3) is 0 Å². The Morgan fingerprint density at radius 1 is 0.905 bits per heavy atom. The molecule has 0 radical (unpaired) electrons. The van der Waals surface area contributed by atoms with E-state index in [-0.39, 0.29) is 5.91 Å². The summed E-state index contributed by atoms with van der Waals surface area (Å²) in [6, 6.07) is 12.1. The molecule has 0 bridgehead atoms. The molecule has 1 saturated heterocycles. The van der Waals surface area contributed by atoms with Gasteiger partial charge in [-0.25, -0.2) is 0 Å². The van der Waals surface area contributed by atoms with Crippen LogP contribution in [-0.4, -0.2) is 24.5 Å². The Morgan fingerprint density at radius 2 is 1.62 bits per heavy atom. The maximum absolute atomic E-state index is 11.4. The largest absolute Gasteiger partial charge is 0.356 e. The highest BCUT2D eigenvalue weighted by Crippen LogP contribution is 2.33. The standard InChI is InChI=1S/C18H26N2O/c21-18-11-10-17(12-13-19-18)20-16-8-6-15(7-9-16)14-4-2-1-3-5-14/h1-5,15-17,20H,6-13H2,(H,19,21). The molecule has 1 amide bonds. The second-order valence-electron chi connectivity index (χ2n) is 6.50. The molecule has 1 atom stereocenters. The molecule has 3 heteroatoms. The Bertz CT molecular complexity index is 452. The summed E-state index contributed by atoms with van der Waals surface area (Å²) in [5, 5.41) is 6.76. The normalized spacial score (nSPS) is 30.5. The number of amides is 1. The van der Waals surface area contributed by atoms with Gasteiger partial charge in [0.1, 0.15) is 0 Å². The first-order chi connectivity index (χ1) is 10.3. The molecule has 21 heavy (non-hydrogen) atoms. The van der Waals surface area contributed by atoms with Gasteiger partial charge in [0, 0.05) is 25.0 Å². The minimum atomic E-state index is 0.215. The Morgan fingerprint density at radius 3 is 2.38 bits per heavy atom. The van der Waals surface area contributed by atoms with E-state index in [4.69, 9.17) is 0 Å². The van der Waals surface area contributed by atoms with Gasteiger partial charge in [0.05, 0.1) is 0 Å². The van der Waals surface area contributed by atoms with E-state index < -0.39 is 0 Å². The van der Waals surface area contributed by atoms with E-state index in [0.29, 0.717) is 18.5 Å². The lowest BCUT2D eigenvalue weighted by molar-refractivity contribution is -0.120. The van der Waals surface area contributed by atoms with Crippen LogP contribution in [0.5, 0.6) is 0 Å². The van der Waals surface area contributed by atoms with Crippen molar-refractivity contribution in [1.82, 2.24) is 10.6 Å². The molecular formula is C18H26N2O. The van der Waals surface area contributed by atoms with Crippen molar-refractivity contribution in [3.05, 3.63) is 35.9 Å². The summed E-state index contributed by atoms with van der Waals surface area (Å²) in [7, 11) is 0. The van der Waals surface area contributed by atoms with Crippen LogP contribution in [0.4, 0.5) is 0 Å².